The minimum atomic E-state index is 0.234. The third kappa shape index (κ3) is 1.55. The monoisotopic (exact) mass is 254 g/mol. The van der Waals surface area contributed by atoms with Crippen LogP contribution in [0, 0.1) is 0 Å². The number of nitrogens with zero attached hydrogens (tertiary/aromatic N) is 3. The van der Waals surface area contributed by atoms with Gasteiger partial charge in [0.2, 0.25) is 0 Å². The number of anilines is 1. The molecule has 1 fully saturated rings. The second-order valence-corrected chi connectivity index (χ2v) is 4.96. The maximum atomic E-state index is 6.24. The van der Waals surface area contributed by atoms with Crippen LogP contribution in [-0.2, 0) is 0 Å². The molecule has 0 spiro atoms. The second kappa shape index (κ2) is 3.84. The Balaban J connectivity index is 2.13. The molecule has 1 unspecified atom stereocenters. The Morgan fingerprint density at radius 3 is 3.06 bits per heavy atom. The molecule has 16 heavy (non-hydrogen) atoms. The van der Waals surface area contributed by atoms with Crippen LogP contribution in [0.5, 0.6) is 0 Å². The molecule has 1 aliphatic heterocycles. The topological polar surface area (TPSA) is 55.0 Å². The fourth-order valence-electron chi connectivity index (χ4n) is 2.10. The Morgan fingerprint density at radius 1 is 1.44 bits per heavy atom. The van der Waals surface area contributed by atoms with Gasteiger partial charge in [-0.15, -0.1) is 0 Å². The van der Waals surface area contributed by atoms with E-state index >= 15 is 0 Å². The van der Waals surface area contributed by atoms with Gasteiger partial charge in [0.05, 0.1) is 22.4 Å². The first-order valence-corrected chi connectivity index (χ1v) is 6.28. The minimum absolute atomic E-state index is 0.234. The van der Waals surface area contributed by atoms with E-state index in [0.29, 0.717) is 0 Å². The van der Waals surface area contributed by atoms with E-state index in [1.54, 1.807) is 0 Å². The molecular weight excluding hydrogens is 244 g/mol. The van der Waals surface area contributed by atoms with E-state index in [2.05, 4.69) is 13.6 Å². The molecule has 1 atom stereocenters. The first kappa shape index (κ1) is 10.3. The van der Waals surface area contributed by atoms with E-state index in [0.717, 1.165) is 41.3 Å². The lowest BCUT2D eigenvalue weighted by Gasteiger charge is -2.19. The van der Waals surface area contributed by atoms with Crippen molar-refractivity contribution in [1.29, 1.82) is 0 Å². The molecule has 2 heterocycles. The van der Waals surface area contributed by atoms with Gasteiger partial charge in [0.25, 0.3) is 0 Å². The highest BCUT2D eigenvalue weighted by Gasteiger charge is 2.24. The Morgan fingerprint density at radius 2 is 2.31 bits per heavy atom. The number of rotatable bonds is 1. The van der Waals surface area contributed by atoms with Crippen LogP contribution >= 0.6 is 23.3 Å². The number of hydrogen-bond donors (Lipinski definition) is 1. The molecule has 2 aromatic rings. The Bertz CT molecular complexity index is 527. The fourth-order valence-corrected chi connectivity index (χ4v) is 2.91. The summed E-state index contributed by atoms with van der Waals surface area (Å²) in [5, 5.41) is 0.731. The van der Waals surface area contributed by atoms with Crippen molar-refractivity contribution in [2.24, 2.45) is 5.73 Å². The molecule has 3 rings (SSSR count). The van der Waals surface area contributed by atoms with Crippen molar-refractivity contribution < 1.29 is 0 Å². The van der Waals surface area contributed by atoms with Crippen molar-refractivity contribution in [2.45, 2.75) is 12.5 Å². The predicted molar refractivity (Wildman–Crippen MR) is 67.2 cm³/mol. The fraction of sp³-hybridized carbons (Fsp3) is 0.400. The lowest BCUT2D eigenvalue weighted by molar-refractivity contribution is 0.752. The van der Waals surface area contributed by atoms with Crippen molar-refractivity contribution in [2.75, 3.05) is 18.0 Å². The van der Waals surface area contributed by atoms with Crippen LogP contribution in [0.3, 0.4) is 0 Å². The molecule has 1 aromatic carbocycles. The van der Waals surface area contributed by atoms with Crippen molar-refractivity contribution >= 4 is 40.0 Å². The number of nitrogens with two attached hydrogens (primary N) is 1. The van der Waals surface area contributed by atoms with Crippen LogP contribution in [0.15, 0.2) is 12.1 Å². The van der Waals surface area contributed by atoms with Crippen molar-refractivity contribution in [3.05, 3.63) is 17.2 Å². The van der Waals surface area contributed by atoms with Gasteiger partial charge in [-0.05, 0) is 18.6 Å². The van der Waals surface area contributed by atoms with Gasteiger partial charge in [-0.1, -0.05) is 11.6 Å². The quantitative estimate of drug-likeness (QED) is 0.844. The van der Waals surface area contributed by atoms with Crippen molar-refractivity contribution in [3.8, 4) is 0 Å². The molecule has 0 radical (unpaired) electrons. The zero-order valence-corrected chi connectivity index (χ0v) is 10.1. The zero-order valence-electron chi connectivity index (χ0n) is 8.56. The first-order valence-electron chi connectivity index (χ1n) is 5.17. The highest BCUT2D eigenvalue weighted by atomic mass is 35.5. The van der Waals surface area contributed by atoms with Gasteiger partial charge < -0.3 is 10.6 Å². The first-order chi connectivity index (χ1) is 7.75. The number of benzene rings is 1. The third-order valence-corrected chi connectivity index (χ3v) is 3.74. The normalized spacial score (nSPS) is 20.9. The summed E-state index contributed by atoms with van der Waals surface area (Å²) in [5.41, 5.74) is 8.70. The van der Waals surface area contributed by atoms with E-state index in [9.17, 15) is 0 Å². The van der Waals surface area contributed by atoms with Crippen LogP contribution in [-0.4, -0.2) is 27.9 Å². The molecule has 0 aliphatic carbocycles. The molecular formula is C10H11ClN4S. The molecule has 0 amide bonds. The number of halogens is 1. The lowest BCUT2D eigenvalue weighted by Crippen LogP contribution is -2.26. The Kier molecular flexibility index (Phi) is 2.46. The van der Waals surface area contributed by atoms with E-state index in [-0.39, 0.29) is 6.04 Å². The van der Waals surface area contributed by atoms with Crippen LogP contribution < -0.4 is 10.6 Å². The van der Waals surface area contributed by atoms with Crippen LogP contribution in [0.25, 0.3) is 11.0 Å². The highest BCUT2D eigenvalue weighted by Crippen LogP contribution is 2.34. The third-order valence-electron chi connectivity index (χ3n) is 2.89. The van der Waals surface area contributed by atoms with E-state index in [1.807, 2.05) is 12.1 Å². The van der Waals surface area contributed by atoms with Gasteiger partial charge in [0.15, 0.2) is 0 Å². The summed E-state index contributed by atoms with van der Waals surface area (Å²) in [7, 11) is 0. The SMILES string of the molecule is NC1CCN(c2c(Cl)ccc3nsnc23)C1. The molecule has 2 N–H and O–H groups in total. The standard InChI is InChI=1S/C10H11ClN4S/c11-7-1-2-8-9(14-16-13-8)10(7)15-4-3-6(12)5-15/h1-2,6H,3-5,12H2. The summed E-state index contributed by atoms with van der Waals surface area (Å²) in [6, 6.07) is 4.02. The van der Waals surface area contributed by atoms with Crippen LogP contribution in [0.4, 0.5) is 5.69 Å². The summed E-state index contributed by atoms with van der Waals surface area (Å²) < 4.78 is 8.54. The number of aromatic nitrogens is 2. The molecule has 1 saturated heterocycles. The van der Waals surface area contributed by atoms with Gasteiger partial charge in [0, 0.05) is 19.1 Å². The maximum Gasteiger partial charge on any atom is 0.129 e. The van der Waals surface area contributed by atoms with Gasteiger partial charge in [-0.2, -0.15) is 8.75 Å². The minimum Gasteiger partial charge on any atom is -0.367 e. The van der Waals surface area contributed by atoms with Crippen LogP contribution in [0.1, 0.15) is 6.42 Å². The maximum absolute atomic E-state index is 6.24. The van der Waals surface area contributed by atoms with E-state index in [4.69, 9.17) is 17.3 Å². The second-order valence-electron chi connectivity index (χ2n) is 4.02. The summed E-state index contributed by atoms with van der Waals surface area (Å²) in [6.45, 7) is 1.79. The lowest BCUT2D eigenvalue weighted by atomic mass is 10.2. The molecule has 4 nitrogen and oxygen atoms in total. The molecule has 6 heteroatoms. The molecule has 84 valence electrons. The van der Waals surface area contributed by atoms with E-state index in [1.165, 1.54) is 11.7 Å². The van der Waals surface area contributed by atoms with Gasteiger partial charge in [0.1, 0.15) is 11.0 Å². The summed E-state index contributed by atoms with van der Waals surface area (Å²) in [4.78, 5) is 2.21. The van der Waals surface area contributed by atoms with Gasteiger partial charge in [-0.3, -0.25) is 0 Å². The predicted octanol–water partition coefficient (Wildman–Crippen LogP) is 1.88. The number of hydrogen-bond acceptors (Lipinski definition) is 5. The van der Waals surface area contributed by atoms with E-state index < -0.39 is 0 Å². The Labute approximate surface area is 102 Å². The number of fused-ring (bicyclic) bond motifs is 1. The summed E-state index contributed by atoms with van der Waals surface area (Å²) in [5.74, 6) is 0. The summed E-state index contributed by atoms with van der Waals surface area (Å²) in [6.07, 6.45) is 1.00. The molecule has 0 bridgehead atoms. The largest absolute Gasteiger partial charge is 0.367 e. The van der Waals surface area contributed by atoms with Crippen LogP contribution in [0.2, 0.25) is 5.02 Å². The van der Waals surface area contributed by atoms with Crippen molar-refractivity contribution in [1.82, 2.24) is 8.75 Å². The zero-order chi connectivity index (χ0) is 11.1. The smallest absolute Gasteiger partial charge is 0.129 e. The van der Waals surface area contributed by atoms with Gasteiger partial charge >= 0.3 is 0 Å². The summed E-state index contributed by atoms with van der Waals surface area (Å²) >= 11 is 7.46. The molecule has 0 saturated carbocycles. The van der Waals surface area contributed by atoms with Crippen molar-refractivity contribution in [3.63, 3.8) is 0 Å². The molecule has 1 aliphatic rings. The molecule has 1 aromatic heterocycles. The average Bonchev–Trinajstić information content (AvgIpc) is 2.86. The average molecular weight is 255 g/mol. The highest BCUT2D eigenvalue weighted by molar-refractivity contribution is 7.00. The van der Waals surface area contributed by atoms with Gasteiger partial charge in [-0.25, -0.2) is 0 Å². The Hall–Kier alpha value is -0.910.